The Labute approximate surface area is 207 Å². The molecule has 2 heterocycles. The Morgan fingerprint density at radius 3 is 2.71 bits per heavy atom. The molecule has 2 aliphatic rings. The lowest BCUT2D eigenvalue weighted by molar-refractivity contribution is 0.154. The normalized spacial score (nSPS) is 14.5. The van der Waals surface area contributed by atoms with Gasteiger partial charge in [-0.1, -0.05) is 11.6 Å². The molecule has 10 heteroatoms. The molecule has 1 aliphatic carbocycles. The second kappa shape index (κ2) is 10.5. The predicted octanol–water partition coefficient (Wildman–Crippen LogP) is 5.15. The second-order valence-corrected chi connectivity index (χ2v) is 8.65. The van der Waals surface area contributed by atoms with Crippen LogP contribution >= 0.6 is 11.6 Å². The van der Waals surface area contributed by atoms with Crippen LogP contribution in [0.3, 0.4) is 0 Å². The quantitative estimate of drug-likeness (QED) is 0.393. The SMILES string of the molecule is COCCCOc1cc2nccc(Oc3ccc(NC(=O)NC4CC4)c(Cl)c3)c2c2c1OCCO2. The van der Waals surface area contributed by atoms with Gasteiger partial charge in [0, 0.05) is 44.5 Å². The summed E-state index contributed by atoms with van der Waals surface area (Å²) in [4.78, 5) is 16.5. The fourth-order valence-electron chi connectivity index (χ4n) is 3.71. The van der Waals surface area contributed by atoms with Crippen LogP contribution in [0.5, 0.6) is 28.7 Å². The number of ether oxygens (including phenoxy) is 5. The Bertz CT molecular complexity index is 1230. The highest BCUT2D eigenvalue weighted by atomic mass is 35.5. The third-order valence-electron chi connectivity index (χ3n) is 5.52. The summed E-state index contributed by atoms with van der Waals surface area (Å²) < 4.78 is 29.1. The maximum Gasteiger partial charge on any atom is 0.319 e. The molecule has 2 N–H and O–H groups in total. The van der Waals surface area contributed by atoms with Gasteiger partial charge in [-0.2, -0.15) is 0 Å². The minimum atomic E-state index is -0.271. The maximum absolute atomic E-state index is 12.0. The lowest BCUT2D eigenvalue weighted by Crippen LogP contribution is -2.30. The number of hydrogen-bond acceptors (Lipinski definition) is 7. The smallest absolute Gasteiger partial charge is 0.319 e. The highest BCUT2D eigenvalue weighted by Gasteiger charge is 2.25. The Kier molecular flexibility index (Phi) is 6.96. The molecule has 1 fully saturated rings. The van der Waals surface area contributed by atoms with E-state index >= 15 is 0 Å². The van der Waals surface area contributed by atoms with Crippen molar-refractivity contribution in [1.29, 1.82) is 0 Å². The maximum atomic E-state index is 12.0. The Balaban J connectivity index is 1.40. The van der Waals surface area contributed by atoms with Crippen LogP contribution in [0.25, 0.3) is 10.9 Å². The van der Waals surface area contributed by atoms with Gasteiger partial charge in [0.15, 0.2) is 11.5 Å². The van der Waals surface area contributed by atoms with Crippen molar-refractivity contribution in [2.45, 2.75) is 25.3 Å². The van der Waals surface area contributed by atoms with E-state index in [4.69, 9.17) is 35.3 Å². The molecule has 0 radical (unpaired) electrons. The lowest BCUT2D eigenvalue weighted by atomic mass is 10.1. The van der Waals surface area contributed by atoms with E-state index in [0.29, 0.717) is 76.8 Å². The molecule has 184 valence electrons. The van der Waals surface area contributed by atoms with Gasteiger partial charge in [0.2, 0.25) is 5.75 Å². The van der Waals surface area contributed by atoms with Gasteiger partial charge in [-0.05, 0) is 31.0 Å². The molecule has 0 spiro atoms. The summed E-state index contributed by atoms with van der Waals surface area (Å²) in [5.74, 6) is 2.65. The molecule has 3 aromatic rings. The summed E-state index contributed by atoms with van der Waals surface area (Å²) in [5, 5.41) is 6.67. The fourth-order valence-corrected chi connectivity index (χ4v) is 3.93. The van der Waals surface area contributed by atoms with Gasteiger partial charge in [-0.15, -0.1) is 0 Å². The van der Waals surface area contributed by atoms with Gasteiger partial charge in [0.1, 0.15) is 24.7 Å². The zero-order valence-electron chi connectivity index (χ0n) is 19.3. The van der Waals surface area contributed by atoms with E-state index in [2.05, 4.69) is 15.6 Å². The number of nitrogens with zero attached hydrogens (tertiary/aromatic N) is 1. The number of nitrogens with one attached hydrogen (secondary N) is 2. The number of benzene rings is 2. The lowest BCUT2D eigenvalue weighted by Gasteiger charge is -2.23. The van der Waals surface area contributed by atoms with E-state index in [0.717, 1.165) is 19.3 Å². The first-order valence-corrected chi connectivity index (χ1v) is 11.9. The van der Waals surface area contributed by atoms with E-state index in [1.165, 1.54) is 0 Å². The van der Waals surface area contributed by atoms with Gasteiger partial charge in [-0.3, -0.25) is 4.98 Å². The van der Waals surface area contributed by atoms with Crippen molar-refractivity contribution in [3.8, 4) is 28.7 Å². The number of aromatic nitrogens is 1. The predicted molar refractivity (Wildman–Crippen MR) is 131 cm³/mol. The average molecular weight is 500 g/mol. The van der Waals surface area contributed by atoms with Crippen LogP contribution in [0.2, 0.25) is 5.02 Å². The first-order chi connectivity index (χ1) is 17.1. The summed E-state index contributed by atoms with van der Waals surface area (Å²) in [5.41, 5.74) is 1.15. The van der Waals surface area contributed by atoms with Crippen LogP contribution in [0.1, 0.15) is 19.3 Å². The summed E-state index contributed by atoms with van der Waals surface area (Å²) in [6.07, 6.45) is 4.41. The average Bonchev–Trinajstić information content (AvgIpc) is 3.67. The van der Waals surface area contributed by atoms with Gasteiger partial charge >= 0.3 is 6.03 Å². The van der Waals surface area contributed by atoms with Crippen molar-refractivity contribution in [3.63, 3.8) is 0 Å². The number of urea groups is 1. The van der Waals surface area contributed by atoms with Gasteiger partial charge in [0.05, 0.1) is 28.2 Å². The standard InChI is InChI=1S/C25H26ClN3O6/c1-31-9-2-10-32-21-14-19-22(24-23(21)33-11-12-34-24)20(7-8-27-19)35-16-5-6-18(17(26)13-16)29-25(30)28-15-3-4-15/h5-8,13-15H,2-4,9-12H2,1H3,(H2,28,29,30). The van der Waals surface area contributed by atoms with Crippen molar-refractivity contribution >= 4 is 34.2 Å². The van der Waals surface area contributed by atoms with Crippen molar-refractivity contribution in [3.05, 3.63) is 41.6 Å². The van der Waals surface area contributed by atoms with E-state index < -0.39 is 0 Å². The minimum absolute atomic E-state index is 0.254. The van der Waals surface area contributed by atoms with Crippen molar-refractivity contribution in [1.82, 2.24) is 10.3 Å². The number of amides is 2. The van der Waals surface area contributed by atoms with Crippen LogP contribution < -0.4 is 29.6 Å². The topological polar surface area (TPSA) is 100 Å². The second-order valence-electron chi connectivity index (χ2n) is 8.24. The molecule has 0 saturated heterocycles. The molecule has 1 aliphatic heterocycles. The number of halogens is 1. The number of pyridine rings is 1. The van der Waals surface area contributed by atoms with E-state index in [9.17, 15) is 4.79 Å². The first kappa shape index (κ1) is 23.3. The van der Waals surface area contributed by atoms with Crippen LogP contribution in [0.4, 0.5) is 10.5 Å². The molecule has 5 rings (SSSR count). The zero-order valence-corrected chi connectivity index (χ0v) is 20.0. The Hall–Kier alpha value is -3.43. The molecule has 0 bridgehead atoms. The fraction of sp³-hybridized carbons (Fsp3) is 0.360. The number of anilines is 1. The molecule has 0 atom stereocenters. The highest BCUT2D eigenvalue weighted by molar-refractivity contribution is 6.33. The van der Waals surface area contributed by atoms with Crippen LogP contribution in [0.15, 0.2) is 36.5 Å². The van der Waals surface area contributed by atoms with Crippen LogP contribution in [-0.2, 0) is 4.74 Å². The minimum Gasteiger partial charge on any atom is -0.489 e. The van der Waals surface area contributed by atoms with Crippen LogP contribution in [0, 0.1) is 0 Å². The van der Waals surface area contributed by atoms with Crippen molar-refractivity contribution in [2.24, 2.45) is 0 Å². The number of hydrogen-bond donors (Lipinski definition) is 2. The molecular weight excluding hydrogens is 474 g/mol. The third kappa shape index (κ3) is 5.47. The first-order valence-electron chi connectivity index (χ1n) is 11.5. The number of methoxy groups -OCH3 is 1. The van der Waals surface area contributed by atoms with Gasteiger partial charge in [-0.25, -0.2) is 4.79 Å². The Morgan fingerprint density at radius 1 is 1.11 bits per heavy atom. The van der Waals surface area contributed by atoms with Gasteiger partial charge < -0.3 is 34.3 Å². The van der Waals surface area contributed by atoms with Crippen molar-refractivity contribution < 1.29 is 28.5 Å². The summed E-state index contributed by atoms with van der Waals surface area (Å²) in [7, 11) is 1.66. The molecule has 0 unspecified atom stereocenters. The van der Waals surface area contributed by atoms with Crippen LogP contribution in [-0.4, -0.2) is 50.6 Å². The number of fused-ring (bicyclic) bond motifs is 3. The van der Waals surface area contributed by atoms with E-state index in [1.54, 1.807) is 37.6 Å². The molecule has 1 saturated carbocycles. The largest absolute Gasteiger partial charge is 0.489 e. The van der Waals surface area contributed by atoms with E-state index in [1.807, 2.05) is 6.07 Å². The summed E-state index contributed by atoms with van der Waals surface area (Å²) in [6.45, 7) is 1.90. The summed E-state index contributed by atoms with van der Waals surface area (Å²) >= 11 is 6.41. The number of carbonyl (C=O) groups is 1. The van der Waals surface area contributed by atoms with Crippen molar-refractivity contribution in [2.75, 3.05) is 38.9 Å². The number of rotatable bonds is 9. The molecule has 9 nitrogen and oxygen atoms in total. The highest BCUT2D eigenvalue weighted by Crippen LogP contribution is 2.48. The molecule has 2 amide bonds. The monoisotopic (exact) mass is 499 g/mol. The molecule has 1 aromatic heterocycles. The molecule has 2 aromatic carbocycles. The third-order valence-corrected chi connectivity index (χ3v) is 5.84. The van der Waals surface area contributed by atoms with Gasteiger partial charge in [0.25, 0.3) is 0 Å². The molecular formula is C25H26ClN3O6. The number of carbonyl (C=O) groups excluding carboxylic acids is 1. The molecule has 35 heavy (non-hydrogen) atoms. The summed E-state index contributed by atoms with van der Waals surface area (Å²) in [6, 6.07) is 8.65. The Morgan fingerprint density at radius 2 is 1.94 bits per heavy atom. The van der Waals surface area contributed by atoms with E-state index in [-0.39, 0.29) is 12.1 Å². The zero-order chi connectivity index (χ0) is 24.2.